The first-order valence-electron chi connectivity index (χ1n) is 9.29. The Morgan fingerprint density at radius 3 is 2.55 bits per heavy atom. The van der Waals surface area contributed by atoms with Crippen LogP contribution in [-0.2, 0) is 6.42 Å². The quantitative estimate of drug-likeness (QED) is 0.287. The fraction of sp³-hybridized carbons (Fsp3) is 0.273. The van der Waals surface area contributed by atoms with Crippen molar-refractivity contribution in [1.29, 1.82) is 0 Å². The summed E-state index contributed by atoms with van der Waals surface area (Å²) < 4.78 is 10.6. The smallest absolute Gasteiger partial charge is 0.219 e. The van der Waals surface area contributed by atoms with Gasteiger partial charge in [0.05, 0.1) is 17.7 Å². The van der Waals surface area contributed by atoms with Crippen molar-refractivity contribution in [1.82, 2.24) is 9.27 Å². The summed E-state index contributed by atoms with van der Waals surface area (Å²) in [6.45, 7) is 7.01. The molecule has 0 bridgehead atoms. The monoisotopic (exact) mass is 447 g/mol. The molecule has 0 aliphatic rings. The van der Waals surface area contributed by atoms with Crippen LogP contribution in [0, 0.1) is 13.8 Å². The number of aromatic nitrogens is 1. The number of halogens is 2. The van der Waals surface area contributed by atoms with Crippen LogP contribution in [0.3, 0.4) is 0 Å². The van der Waals surface area contributed by atoms with Gasteiger partial charge in [-0.3, -0.25) is 0 Å². The number of hydrogen-bond donors (Lipinski definition) is 0. The normalized spacial score (nSPS) is 11.2. The van der Waals surface area contributed by atoms with E-state index >= 15 is 0 Å². The molecule has 0 saturated heterocycles. The van der Waals surface area contributed by atoms with Crippen molar-refractivity contribution < 1.29 is 4.74 Å². The second kappa shape index (κ2) is 9.61. The summed E-state index contributed by atoms with van der Waals surface area (Å²) in [5, 5.41) is 1.86. The molecular weight excluding hydrogens is 425 g/mol. The van der Waals surface area contributed by atoms with Crippen LogP contribution in [0.4, 0.5) is 5.69 Å². The molecule has 29 heavy (non-hydrogen) atoms. The molecule has 0 N–H and O–H groups in total. The van der Waals surface area contributed by atoms with Crippen LogP contribution in [0.5, 0.6) is 10.8 Å². The Labute approximate surface area is 185 Å². The molecule has 4 nitrogen and oxygen atoms in total. The maximum Gasteiger partial charge on any atom is 0.219 e. The Balaban J connectivity index is 1.78. The third-order valence-corrected chi connectivity index (χ3v) is 6.06. The predicted octanol–water partition coefficient (Wildman–Crippen LogP) is 7.06. The summed E-state index contributed by atoms with van der Waals surface area (Å²) in [4.78, 5) is 6.59. The second-order valence-electron chi connectivity index (χ2n) is 6.86. The summed E-state index contributed by atoms with van der Waals surface area (Å²) in [6.07, 6.45) is 2.47. The highest BCUT2D eigenvalue weighted by atomic mass is 35.5. The number of hydrogen-bond acceptors (Lipinski definition) is 4. The van der Waals surface area contributed by atoms with E-state index in [1.165, 1.54) is 11.5 Å². The van der Waals surface area contributed by atoms with Crippen molar-refractivity contribution in [3.63, 3.8) is 0 Å². The van der Waals surface area contributed by atoms with Crippen LogP contribution in [0.15, 0.2) is 41.4 Å². The topological polar surface area (TPSA) is 37.7 Å². The molecule has 0 fully saturated rings. The molecule has 0 amide bonds. The highest BCUT2D eigenvalue weighted by molar-refractivity contribution is 7.08. The number of rotatable bonds is 7. The number of aliphatic imine (C=N–C) groups is 1. The zero-order chi connectivity index (χ0) is 21.0. The van der Waals surface area contributed by atoms with Gasteiger partial charge in [-0.15, -0.1) is 0 Å². The fourth-order valence-electron chi connectivity index (χ4n) is 2.63. The predicted molar refractivity (Wildman–Crippen MR) is 124 cm³/mol. The van der Waals surface area contributed by atoms with E-state index in [1.54, 1.807) is 0 Å². The molecule has 1 heterocycles. The summed E-state index contributed by atoms with van der Waals surface area (Å²) in [5.41, 5.74) is 4.85. The summed E-state index contributed by atoms with van der Waals surface area (Å²) >= 11 is 13.8. The van der Waals surface area contributed by atoms with Crippen LogP contribution in [-0.4, -0.2) is 29.2 Å². The fourth-order valence-corrected chi connectivity index (χ4v) is 3.73. The SMILES string of the molecule is CCN(C)C=Nc1cc(C)c(Oc2snc(Cc3ccc(Cl)cc3)c2Cl)cc1C. The van der Waals surface area contributed by atoms with Crippen molar-refractivity contribution >= 4 is 46.8 Å². The molecular formula is C22H23Cl2N3OS. The lowest BCUT2D eigenvalue weighted by Crippen LogP contribution is -2.14. The van der Waals surface area contributed by atoms with E-state index in [1.807, 2.05) is 68.5 Å². The van der Waals surface area contributed by atoms with Crippen molar-refractivity contribution in [3.8, 4) is 10.8 Å². The largest absolute Gasteiger partial charge is 0.443 e. The molecule has 0 aliphatic carbocycles. The minimum absolute atomic E-state index is 0.550. The van der Waals surface area contributed by atoms with Gasteiger partial charge in [-0.1, -0.05) is 35.3 Å². The minimum Gasteiger partial charge on any atom is -0.443 e. The Bertz CT molecular complexity index is 1020. The summed E-state index contributed by atoms with van der Waals surface area (Å²) in [7, 11) is 2.00. The minimum atomic E-state index is 0.550. The zero-order valence-electron chi connectivity index (χ0n) is 16.9. The molecule has 2 aromatic carbocycles. The highest BCUT2D eigenvalue weighted by Gasteiger charge is 2.16. The number of nitrogens with zero attached hydrogens (tertiary/aromatic N) is 3. The van der Waals surface area contributed by atoms with E-state index in [0.29, 0.717) is 21.5 Å². The van der Waals surface area contributed by atoms with Crippen molar-refractivity contribution in [2.45, 2.75) is 27.2 Å². The second-order valence-corrected chi connectivity index (χ2v) is 8.41. The van der Waals surface area contributed by atoms with E-state index in [4.69, 9.17) is 27.9 Å². The van der Waals surface area contributed by atoms with Crippen molar-refractivity contribution in [3.05, 3.63) is 68.8 Å². The van der Waals surface area contributed by atoms with E-state index in [0.717, 1.165) is 40.4 Å². The highest BCUT2D eigenvalue weighted by Crippen LogP contribution is 2.39. The molecule has 0 spiro atoms. The molecule has 0 atom stereocenters. The molecule has 0 saturated carbocycles. The van der Waals surface area contributed by atoms with Gasteiger partial charge in [0.1, 0.15) is 10.8 Å². The third kappa shape index (κ3) is 5.50. The maximum atomic E-state index is 6.55. The maximum absolute atomic E-state index is 6.55. The van der Waals surface area contributed by atoms with Crippen molar-refractivity contribution in [2.75, 3.05) is 13.6 Å². The van der Waals surface area contributed by atoms with Gasteiger partial charge in [-0.05, 0) is 61.7 Å². The van der Waals surface area contributed by atoms with E-state index in [-0.39, 0.29) is 0 Å². The van der Waals surface area contributed by atoms with Gasteiger partial charge < -0.3 is 9.64 Å². The first-order valence-corrected chi connectivity index (χ1v) is 10.8. The van der Waals surface area contributed by atoms with Gasteiger partial charge in [0.15, 0.2) is 0 Å². The zero-order valence-corrected chi connectivity index (χ0v) is 19.2. The number of aryl methyl sites for hydroxylation is 2. The molecule has 0 radical (unpaired) electrons. The standard InChI is InChI=1S/C22H23Cl2N3OS/c1-5-27(4)13-25-18-10-15(3)20(11-14(18)2)28-22-21(24)19(26-29-22)12-16-6-8-17(23)9-7-16/h6-11,13H,5,12H2,1-4H3. The van der Waals surface area contributed by atoms with Gasteiger partial charge >= 0.3 is 0 Å². The Kier molecular flexibility index (Phi) is 7.17. The molecule has 0 unspecified atom stereocenters. The van der Waals surface area contributed by atoms with Gasteiger partial charge in [0.25, 0.3) is 0 Å². The Morgan fingerprint density at radius 2 is 1.86 bits per heavy atom. The number of benzene rings is 2. The molecule has 152 valence electrons. The first kappa shape index (κ1) is 21.6. The van der Waals surface area contributed by atoms with E-state index in [9.17, 15) is 0 Å². The van der Waals surface area contributed by atoms with Crippen LogP contribution < -0.4 is 4.74 Å². The lowest BCUT2D eigenvalue weighted by Gasteiger charge is -2.12. The first-order chi connectivity index (χ1) is 13.9. The van der Waals surface area contributed by atoms with Crippen LogP contribution in [0.25, 0.3) is 0 Å². The Morgan fingerprint density at radius 1 is 1.14 bits per heavy atom. The van der Waals surface area contributed by atoms with Crippen LogP contribution >= 0.6 is 34.7 Å². The molecule has 1 aromatic heterocycles. The summed E-state index contributed by atoms with van der Waals surface area (Å²) in [6, 6.07) is 11.7. The van der Waals surface area contributed by atoms with E-state index < -0.39 is 0 Å². The van der Waals surface area contributed by atoms with Gasteiger partial charge in [0.2, 0.25) is 5.06 Å². The lowest BCUT2D eigenvalue weighted by molar-refractivity contribution is 0.492. The average molecular weight is 448 g/mol. The number of ether oxygens (including phenoxy) is 1. The van der Waals surface area contributed by atoms with Gasteiger partial charge in [0, 0.05) is 36.6 Å². The Hall–Kier alpha value is -2.08. The molecule has 7 heteroatoms. The third-order valence-electron chi connectivity index (χ3n) is 4.55. The molecule has 3 aromatic rings. The lowest BCUT2D eigenvalue weighted by atomic mass is 10.1. The molecule has 3 rings (SSSR count). The van der Waals surface area contributed by atoms with Crippen LogP contribution in [0.2, 0.25) is 10.0 Å². The van der Waals surface area contributed by atoms with Gasteiger partial charge in [-0.2, -0.15) is 4.37 Å². The molecule has 0 aliphatic heterocycles. The van der Waals surface area contributed by atoms with Crippen LogP contribution in [0.1, 0.15) is 29.3 Å². The van der Waals surface area contributed by atoms with E-state index in [2.05, 4.69) is 16.3 Å². The van der Waals surface area contributed by atoms with Gasteiger partial charge in [-0.25, -0.2) is 4.99 Å². The average Bonchev–Trinajstić information content (AvgIpc) is 3.04. The van der Waals surface area contributed by atoms with Crippen molar-refractivity contribution in [2.24, 2.45) is 4.99 Å². The summed E-state index contributed by atoms with van der Waals surface area (Å²) in [5.74, 6) is 0.758.